The summed E-state index contributed by atoms with van der Waals surface area (Å²) in [6.07, 6.45) is -0.00630. The molecule has 0 aromatic heterocycles. The van der Waals surface area contributed by atoms with E-state index in [0.717, 1.165) is 0 Å². The highest BCUT2D eigenvalue weighted by atomic mass is 19.1. The fraction of sp³-hybridized carbons (Fsp3) is 0.417. The lowest BCUT2D eigenvalue weighted by atomic mass is 10.0. The van der Waals surface area contributed by atoms with Crippen LogP contribution in [0.15, 0.2) is 18.2 Å². The van der Waals surface area contributed by atoms with Crippen molar-refractivity contribution in [3.8, 4) is 5.75 Å². The van der Waals surface area contributed by atoms with Crippen molar-refractivity contribution < 1.29 is 18.7 Å². The van der Waals surface area contributed by atoms with Crippen molar-refractivity contribution in [2.45, 2.75) is 19.4 Å². The van der Waals surface area contributed by atoms with Crippen molar-refractivity contribution in [1.29, 1.82) is 0 Å². The number of carbonyl (C=O) groups excluding carboxylic acids is 1. The standard InChI is InChI=1S/C12H16FNO3/c1-3-17-11(15)7-10(14)8-5-4-6-9(13)12(8)16-2/h4-6,10H,3,7,14H2,1-2H3/t10-/m0/s1. The summed E-state index contributed by atoms with van der Waals surface area (Å²) in [5.74, 6) is -0.833. The third kappa shape index (κ3) is 3.42. The Kier molecular flexibility index (Phi) is 4.90. The molecule has 17 heavy (non-hydrogen) atoms. The van der Waals surface area contributed by atoms with Crippen LogP contribution in [0.4, 0.5) is 4.39 Å². The first kappa shape index (κ1) is 13.4. The summed E-state index contributed by atoms with van der Waals surface area (Å²) in [6.45, 7) is 2.01. The van der Waals surface area contributed by atoms with E-state index in [9.17, 15) is 9.18 Å². The first-order valence-corrected chi connectivity index (χ1v) is 5.33. The topological polar surface area (TPSA) is 61.5 Å². The van der Waals surface area contributed by atoms with E-state index in [1.807, 2.05) is 0 Å². The molecule has 0 aliphatic heterocycles. The van der Waals surface area contributed by atoms with Gasteiger partial charge in [0.2, 0.25) is 0 Å². The maximum Gasteiger partial charge on any atom is 0.307 e. The van der Waals surface area contributed by atoms with Gasteiger partial charge in [-0.3, -0.25) is 4.79 Å². The van der Waals surface area contributed by atoms with Gasteiger partial charge in [0.1, 0.15) is 0 Å². The molecule has 0 heterocycles. The summed E-state index contributed by atoms with van der Waals surface area (Å²) in [5, 5.41) is 0. The molecule has 0 aliphatic rings. The van der Waals surface area contributed by atoms with Gasteiger partial charge in [0.05, 0.1) is 20.1 Å². The largest absolute Gasteiger partial charge is 0.493 e. The number of methoxy groups -OCH3 is 1. The molecule has 0 spiro atoms. The number of hydrogen-bond donors (Lipinski definition) is 1. The predicted molar refractivity (Wildman–Crippen MR) is 61.1 cm³/mol. The minimum Gasteiger partial charge on any atom is -0.493 e. The number of carbonyl (C=O) groups is 1. The zero-order chi connectivity index (χ0) is 12.8. The van der Waals surface area contributed by atoms with Gasteiger partial charge >= 0.3 is 5.97 Å². The Labute approximate surface area is 99.5 Å². The zero-order valence-electron chi connectivity index (χ0n) is 9.90. The van der Waals surface area contributed by atoms with Crippen LogP contribution in [0, 0.1) is 5.82 Å². The molecule has 4 nitrogen and oxygen atoms in total. The van der Waals surface area contributed by atoms with Gasteiger partial charge in [0.15, 0.2) is 11.6 Å². The van der Waals surface area contributed by atoms with Crippen LogP contribution in [-0.4, -0.2) is 19.7 Å². The molecule has 0 saturated carbocycles. The summed E-state index contributed by atoms with van der Waals surface area (Å²) >= 11 is 0. The molecule has 0 fully saturated rings. The smallest absolute Gasteiger partial charge is 0.307 e. The highest BCUT2D eigenvalue weighted by Gasteiger charge is 2.18. The normalized spacial score (nSPS) is 12.0. The molecule has 1 aromatic rings. The number of nitrogens with two attached hydrogens (primary N) is 1. The molecule has 5 heteroatoms. The molecule has 1 aromatic carbocycles. The minimum absolute atomic E-state index is 0.00630. The van der Waals surface area contributed by atoms with Crippen molar-refractivity contribution in [2.24, 2.45) is 5.73 Å². The van der Waals surface area contributed by atoms with Crippen LogP contribution in [-0.2, 0) is 9.53 Å². The molecule has 0 radical (unpaired) electrons. The summed E-state index contributed by atoms with van der Waals surface area (Å²) in [4.78, 5) is 11.3. The third-order valence-electron chi connectivity index (χ3n) is 2.29. The molecule has 0 bridgehead atoms. The lowest BCUT2D eigenvalue weighted by Gasteiger charge is -2.15. The van der Waals surface area contributed by atoms with Gasteiger partial charge in [-0.05, 0) is 13.0 Å². The number of benzene rings is 1. The number of rotatable bonds is 5. The zero-order valence-corrected chi connectivity index (χ0v) is 9.90. The van der Waals surface area contributed by atoms with Crippen molar-refractivity contribution in [3.05, 3.63) is 29.6 Å². The second-order valence-corrected chi connectivity index (χ2v) is 3.48. The molecule has 1 atom stereocenters. The third-order valence-corrected chi connectivity index (χ3v) is 2.29. The first-order chi connectivity index (χ1) is 8.10. The van der Waals surface area contributed by atoms with Crippen LogP contribution >= 0.6 is 0 Å². The predicted octanol–water partition coefficient (Wildman–Crippen LogP) is 1.79. The van der Waals surface area contributed by atoms with E-state index in [4.69, 9.17) is 15.2 Å². The van der Waals surface area contributed by atoms with E-state index in [2.05, 4.69) is 0 Å². The average Bonchev–Trinajstić information content (AvgIpc) is 2.28. The number of ether oxygens (including phenoxy) is 2. The lowest BCUT2D eigenvalue weighted by molar-refractivity contribution is -0.143. The first-order valence-electron chi connectivity index (χ1n) is 5.33. The molecule has 1 rings (SSSR count). The monoisotopic (exact) mass is 241 g/mol. The number of para-hydroxylation sites is 1. The van der Waals surface area contributed by atoms with Gasteiger partial charge in [0, 0.05) is 11.6 Å². The van der Waals surface area contributed by atoms with Gasteiger partial charge in [-0.15, -0.1) is 0 Å². The quantitative estimate of drug-likeness (QED) is 0.798. The van der Waals surface area contributed by atoms with Gasteiger partial charge in [-0.25, -0.2) is 4.39 Å². The lowest BCUT2D eigenvalue weighted by Crippen LogP contribution is -2.18. The van der Waals surface area contributed by atoms with E-state index >= 15 is 0 Å². The van der Waals surface area contributed by atoms with Crippen LogP contribution in [0.5, 0.6) is 5.75 Å². The number of halogens is 1. The minimum atomic E-state index is -0.639. The van der Waals surface area contributed by atoms with Crippen LogP contribution in [0.25, 0.3) is 0 Å². The fourth-order valence-corrected chi connectivity index (χ4v) is 1.54. The highest BCUT2D eigenvalue weighted by Crippen LogP contribution is 2.28. The molecule has 2 N–H and O–H groups in total. The second-order valence-electron chi connectivity index (χ2n) is 3.48. The maximum atomic E-state index is 13.4. The summed E-state index contributed by atoms with van der Waals surface area (Å²) < 4.78 is 23.1. The van der Waals surface area contributed by atoms with Gasteiger partial charge in [0.25, 0.3) is 0 Å². The fourth-order valence-electron chi connectivity index (χ4n) is 1.54. The van der Waals surface area contributed by atoms with Crippen LogP contribution in [0.3, 0.4) is 0 Å². The Morgan fingerprint density at radius 1 is 1.53 bits per heavy atom. The van der Waals surface area contributed by atoms with E-state index in [1.54, 1.807) is 13.0 Å². The second kappa shape index (κ2) is 6.20. The van der Waals surface area contributed by atoms with E-state index in [-0.39, 0.29) is 12.2 Å². The Hall–Kier alpha value is -1.62. The highest BCUT2D eigenvalue weighted by molar-refractivity contribution is 5.70. The van der Waals surface area contributed by atoms with Crippen LogP contribution in [0.1, 0.15) is 24.9 Å². The Bertz CT molecular complexity index is 395. The number of esters is 1. The summed E-state index contributed by atoms with van der Waals surface area (Å²) in [6, 6.07) is 3.79. The van der Waals surface area contributed by atoms with E-state index in [0.29, 0.717) is 12.2 Å². The van der Waals surface area contributed by atoms with Gasteiger partial charge in [-0.1, -0.05) is 12.1 Å². The molecule has 0 unspecified atom stereocenters. The molecule has 0 amide bonds. The van der Waals surface area contributed by atoms with Crippen molar-refractivity contribution >= 4 is 5.97 Å². The molecule has 0 aliphatic carbocycles. The van der Waals surface area contributed by atoms with Crippen LogP contribution in [0.2, 0.25) is 0 Å². The average molecular weight is 241 g/mol. The Morgan fingerprint density at radius 2 is 2.24 bits per heavy atom. The van der Waals surface area contributed by atoms with Crippen molar-refractivity contribution in [3.63, 3.8) is 0 Å². The number of hydrogen-bond acceptors (Lipinski definition) is 4. The maximum absolute atomic E-state index is 13.4. The Morgan fingerprint density at radius 3 is 2.82 bits per heavy atom. The summed E-state index contributed by atoms with van der Waals surface area (Å²) in [5.41, 5.74) is 6.28. The Balaban J connectivity index is 2.85. The van der Waals surface area contributed by atoms with E-state index in [1.165, 1.54) is 19.2 Å². The SMILES string of the molecule is CCOC(=O)C[C@H](N)c1cccc(F)c1OC. The van der Waals surface area contributed by atoms with Gasteiger partial charge < -0.3 is 15.2 Å². The van der Waals surface area contributed by atoms with Crippen LogP contribution < -0.4 is 10.5 Å². The van der Waals surface area contributed by atoms with Crippen molar-refractivity contribution in [2.75, 3.05) is 13.7 Å². The molecule has 94 valence electrons. The van der Waals surface area contributed by atoms with Crippen molar-refractivity contribution in [1.82, 2.24) is 0 Å². The van der Waals surface area contributed by atoms with E-state index < -0.39 is 17.8 Å². The molecular formula is C12H16FNO3. The van der Waals surface area contributed by atoms with Gasteiger partial charge in [-0.2, -0.15) is 0 Å². The molecular weight excluding hydrogens is 225 g/mol. The summed E-state index contributed by atoms with van der Waals surface area (Å²) in [7, 11) is 1.36. The molecule has 0 saturated heterocycles.